The van der Waals surface area contributed by atoms with Gasteiger partial charge in [-0.1, -0.05) is 18.2 Å². The lowest BCUT2D eigenvalue weighted by Gasteiger charge is -2.44. The summed E-state index contributed by atoms with van der Waals surface area (Å²) < 4.78 is 7.19. The monoisotopic (exact) mass is 427 g/mol. The molecule has 4 rings (SSSR count). The van der Waals surface area contributed by atoms with Crippen LogP contribution in [0, 0.1) is 13.8 Å². The van der Waals surface area contributed by atoms with Crippen LogP contribution in [-0.4, -0.2) is 35.3 Å². The van der Waals surface area contributed by atoms with Crippen molar-refractivity contribution < 1.29 is 14.3 Å². The standard InChI is InChI=1S/C22H22BrNO3/c1-14-11-15(2)20-18(25)13-22(27-19(20)12-14)7-9-24(10-8-22)21(26)16-5-3-4-6-17(16)23/h3-6,11-12H,7-10,13H2,1-2H3. The number of likely N-dealkylation sites (tertiary alicyclic amines) is 1. The van der Waals surface area contributed by atoms with E-state index in [9.17, 15) is 9.59 Å². The van der Waals surface area contributed by atoms with E-state index in [1.165, 1.54) is 0 Å². The highest BCUT2D eigenvalue weighted by molar-refractivity contribution is 9.10. The minimum atomic E-state index is -0.491. The minimum absolute atomic E-state index is 0.0200. The Hall–Kier alpha value is -2.14. The summed E-state index contributed by atoms with van der Waals surface area (Å²) in [6.07, 6.45) is 1.73. The first-order chi connectivity index (χ1) is 12.9. The van der Waals surface area contributed by atoms with Crippen LogP contribution in [0.2, 0.25) is 0 Å². The Morgan fingerprint density at radius 2 is 1.85 bits per heavy atom. The van der Waals surface area contributed by atoms with Crippen molar-refractivity contribution in [2.24, 2.45) is 0 Å². The largest absolute Gasteiger partial charge is 0.486 e. The van der Waals surface area contributed by atoms with E-state index in [2.05, 4.69) is 15.9 Å². The number of Topliss-reactive ketones (excluding diaryl/α,β-unsaturated/α-hetero) is 1. The van der Waals surface area contributed by atoms with Crippen LogP contribution < -0.4 is 4.74 Å². The first-order valence-electron chi connectivity index (χ1n) is 9.26. The van der Waals surface area contributed by atoms with E-state index < -0.39 is 5.60 Å². The number of carbonyl (C=O) groups excluding carboxylic acids is 2. The molecule has 2 aromatic carbocycles. The van der Waals surface area contributed by atoms with Crippen LogP contribution in [0.3, 0.4) is 0 Å². The van der Waals surface area contributed by atoms with E-state index in [1.807, 2.05) is 55.1 Å². The molecule has 1 fully saturated rings. The van der Waals surface area contributed by atoms with Gasteiger partial charge in [-0.15, -0.1) is 0 Å². The quantitative estimate of drug-likeness (QED) is 0.661. The summed E-state index contributed by atoms with van der Waals surface area (Å²) >= 11 is 3.46. The highest BCUT2D eigenvalue weighted by Gasteiger charge is 2.44. The lowest BCUT2D eigenvalue weighted by atomic mass is 9.81. The summed E-state index contributed by atoms with van der Waals surface area (Å²) in [5.74, 6) is 0.875. The number of piperidine rings is 1. The van der Waals surface area contributed by atoms with E-state index >= 15 is 0 Å². The van der Waals surface area contributed by atoms with Crippen molar-refractivity contribution in [3.63, 3.8) is 0 Å². The molecular weight excluding hydrogens is 406 g/mol. The summed E-state index contributed by atoms with van der Waals surface area (Å²) in [4.78, 5) is 27.5. The van der Waals surface area contributed by atoms with Crippen molar-refractivity contribution in [1.29, 1.82) is 0 Å². The van der Waals surface area contributed by atoms with Crippen LogP contribution in [0.25, 0.3) is 0 Å². The highest BCUT2D eigenvalue weighted by atomic mass is 79.9. The molecule has 1 amide bonds. The van der Waals surface area contributed by atoms with Crippen LogP contribution >= 0.6 is 15.9 Å². The average molecular weight is 428 g/mol. The molecule has 0 bridgehead atoms. The molecule has 140 valence electrons. The zero-order valence-corrected chi connectivity index (χ0v) is 17.1. The van der Waals surface area contributed by atoms with Crippen molar-refractivity contribution in [1.82, 2.24) is 4.90 Å². The van der Waals surface area contributed by atoms with Gasteiger partial charge >= 0.3 is 0 Å². The molecule has 2 aliphatic rings. The molecule has 5 heteroatoms. The fourth-order valence-corrected chi connectivity index (χ4v) is 4.67. The second-order valence-electron chi connectivity index (χ2n) is 7.61. The predicted octanol–water partition coefficient (Wildman–Crippen LogP) is 4.71. The first-order valence-corrected chi connectivity index (χ1v) is 10.1. The average Bonchev–Trinajstić information content (AvgIpc) is 2.61. The number of carbonyl (C=O) groups is 2. The molecule has 1 saturated heterocycles. The van der Waals surface area contributed by atoms with Crippen LogP contribution in [0.15, 0.2) is 40.9 Å². The van der Waals surface area contributed by atoms with Crippen LogP contribution in [-0.2, 0) is 0 Å². The number of aryl methyl sites for hydroxylation is 2. The second kappa shape index (κ2) is 6.79. The van der Waals surface area contributed by atoms with E-state index in [0.29, 0.717) is 43.7 Å². The summed E-state index contributed by atoms with van der Waals surface area (Å²) in [7, 11) is 0. The van der Waals surface area contributed by atoms with Gasteiger partial charge < -0.3 is 9.64 Å². The normalized spacial score (nSPS) is 18.2. The third-order valence-electron chi connectivity index (χ3n) is 5.60. The Morgan fingerprint density at radius 3 is 2.56 bits per heavy atom. The molecule has 0 radical (unpaired) electrons. The Labute approximate surface area is 167 Å². The Balaban J connectivity index is 1.53. The minimum Gasteiger partial charge on any atom is -0.486 e. The van der Waals surface area contributed by atoms with Gasteiger partial charge in [0.1, 0.15) is 11.4 Å². The fraction of sp³-hybridized carbons (Fsp3) is 0.364. The number of amides is 1. The van der Waals surface area contributed by atoms with Gasteiger partial charge in [0.05, 0.1) is 17.5 Å². The van der Waals surface area contributed by atoms with Gasteiger partial charge in [-0.05, 0) is 59.1 Å². The van der Waals surface area contributed by atoms with Crippen molar-refractivity contribution in [3.05, 3.63) is 63.1 Å². The number of ether oxygens (including phenoxy) is 1. The van der Waals surface area contributed by atoms with Gasteiger partial charge in [-0.2, -0.15) is 0 Å². The number of ketones is 1. The van der Waals surface area contributed by atoms with Crippen molar-refractivity contribution >= 4 is 27.6 Å². The maximum Gasteiger partial charge on any atom is 0.255 e. The topological polar surface area (TPSA) is 46.6 Å². The lowest BCUT2D eigenvalue weighted by molar-refractivity contribution is -0.00582. The molecule has 27 heavy (non-hydrogen) atoms. The molecule has 2 heterocycles. The third kappa shape index (κ3) is 3.29. The molecule has 4 nitrogen and oxygen atoms in total. The van der Waals surface area contributed by atoms with Gasteiger partial charge in [0.15, 0.2) is 5.78 Å². The Morgan fingerprint density at radius 1 is 1.15 bits per heavy atom. The summed E-state index contributed by atoms with van der Waals surface area (Å²) in [6.45, 7) is 5.16. The zero-order chi connectivity index (χ0) is 19.2. The zero-order valence-electron chi connectivity index (χ0n) is 15.5. The van der Waals surface area contributed by atoms with E-state index in [1.54, 1.807) is 0 Å². The maximum absolute atomic E-state index is 12.8. The molecule has 0 aliphatic carbocycles. The van der Waals surface area contributed by atoms with E-state index in [4.69, 9.17) is 4.74 Å². The molecule has 0 aromatic heterocycles. The third-order valence-corrected chi connectivity index (χ3v) is 6.29. The van der Waals surface area contributed by atoms with Crippen LogP contribution in [0.1, 0.15) is 51.1 Å². The van der Waals surface area contributed by atoms with Gasteiger partial charge in [-0.25, -0.2) is 0 Å². The molecular formula is C22H22BrNO3. The molecule has 2 aromatic rings. The van der Waals surface area contributed by atoms with E-state index in [0.717, 1.165) is 21.2 Å². The van der Waals surface area contributed by atoms with Gasteiger partial charge in [-0.3, -0.25) is 9.59 Å². The summed E-state index contributed by atoms with van der Waals surface area (Å²) in [6, 6.07) is 11.5. The smallest absolute Gasteiger partial charge is 0.255 e. The number of fused-ring (bicyclic) bond motifs is 1. The molecule has 0 saturated carbocycles. The highest BCUT2D eigenvalue weighted by Crippen LogP contribution is 2.41. The van der Waals surface area contributed by atoms with Crippen LogP contribution in [0.4, 0.5) is 0 Å². The van der Waals surface area contributed by atoms with Crippen molar-refractivity contribution in [3.8, 4) is 5.75 Å². The molecule has 0 unspecified atom stereocenters. The summed E-state index contributed by atoms with van der Waals surface area (Å²) in [5, 5.41) is 0. The number of hydrogen-bond donors (Lipinski definition) is 0. The molecule has 0 N–H and O–H groups in total. The maximum atomic E-state index is 12.8. The number of halogens is 1. The summed E-state index contributed by atoms with van der Waals surface area (Å²) in [5.41, 5.74) is 2.97. The SMILES string of the molecule is Cc1cc(C)c2c(c1)OC1(CCN(C(=O)c3ccccc3Br)CC1)CC2=O. The van der Waals surface area contributed by atoms with E-state index in [-0.39, 0.29) is 11.7 Å². The number of rotatable bonds is 1. The van der Waals surface area contributed by atoms with Gasteiger partial charge in [0.25, 0.3) is 5.91 Å². The fourth-order valence-electron chi connectivity index (χ4n) is 4.22. The number of hydrogen-bond acceptors (Lipinski definition) is 3. The van der Waals surface area contributed by atoms with Crippen LogP contribution in [0.5, 0.6) is 5.75 Å². The van der Waals surface area contributed by atoms with Crippen molar-refractivity contribution in [2.75, 3.05) is 13.1 Å². The molecule has 0 atom stereocenters. The van der Waals surface area contributed by atoms with Gasteiger partial charge in [0.2, 0.25) is 0 Å². The Bertz CT molecular complexity index is 929. The number of benzene rings is 2. The van der Waals surface area contributed by atoms with Gasteiger partial charge in [0, 0.05) is 30.4 Å². The predicted molar refractivity (Wildman–Crippen MR) is 108 cm³/mol. The lowest BCUT2D eigenvalue weighted by Crippen LogP contribution is -2.52. The number of nitrogens with zero attached hydrogens (tertiary/aromatic N) is 1. The molecule has 2 aliphatic heterocycles. The Kier molecular flexibility index (Phi) is 4.58. The molecule has 1 spiro atoms. The first kappa shape index (κ1) is 18.2. The second-order valence-corrected chi connectivity index (χ2v) is 8.47. The van der Waals surface area contributed by atoms with Crippen molar-refractivity contribution in [2.45, 2.75) is 38.7 Å².